The van der Waals surface area contributed by atoms with Gasteiger partial charge < -0.3 is 10.8 Å². The minimum absolute atomic E-state index is 0.308. The molecular formula is C16H14N2O3. The molecule has 0 bridgehead atoms. The first-order chi connectivity index (χ1) is 10.0. The standard InChI is InChI=1S/C16H14N2O3/c1-9(16(20)21)18-14-7-6-10(17)8-13(14)11-4-2-3-5-12(11)15(18)19/h2-9H,17H2,1H3,(H,20,21). The minimum Gasteiger partial charge on any atom is -0.480 e. The van der Waals surface area contributed by atoms with Crippen molar-refractivity contribution in [3.63, 3.8) is 0 Å². The number of nitrogens with two attached hydrogens (primary N) is 1. The first-order valence-corrected chi connectivity index (χ1v) is 6.56. The SMILES string of the molecule is CC(C(=O)O)n1c(=O)c2ccccc2c2cc(N)ccc21. The van der Waals surface area contributed by atoms with Crippen molar-refractivity contribution in [3.8, 4) is 0 Å². The molecule has 0 saturated heterocycles. The smallest absolute Gasteiger partial charge is 0.326 e. The Balaban J connectivity index is 2.59. The fraction of sp³-hybridized carbons (Fsp3) is 0.125. The zero-order valence-corrected chi connectivity index (χ0v) is 11.4. The Hall–Kier alpha value is -2.82. The van der Waals surface area contributed by atoms with Crippen LogP contribution in [0.1, 0.15) is 13.0 Å². The molecule has 1 atom stereocenters. The Kier molecular flexibility index (Phi) is 2.90. The highest BCUT2D eigenvalue weighted by Crippen LogP contribution is 2.26. The molecule has 0 aliphatic carbocycles. The molecule has 5 heteroatoms. The molecule has 0 amide bonds. The molecule has 1 unspecified atom stereocenters. The van der Waals surface area contributed by atoms with Crippen molar-refractivity contribution in [2.75, 3.05) is 5.73 Å². The maximum absolute atomic E-state index is 12.6. The quantitative estimate of drug-likeness (QED) is 0.558. The summed E-state index contributed by atoms with van der Waals surface area (Å²) < 4.78 is 1.30. The molecule has 0 radical (unpaired) electrons. The van der Waals surface area contributed by atoms with Gasteiger partial charge in [0, 0.05) is 16.5 Å². The number of carboxylic acids is 1. The molecule has 0 spiro atoms. The van der Waals surface area contributed by atoms with E-state index in [0.29, 0.717) is 16.6 Å². The Bertz CT molecular complexity index is 928. The van der Waals surface area contributed by atoms with E-state index in [2.05, 4.69) is 0 Å². The van der Waals surface area contributed by atoms with Gasteiger partial charge in [-0.25, -0.2) is 4.79 Å². The van der Waals surface area contributed by atoms with Crippen LogP contribution in [-0.2, 0) is 4.79 Å². The monoisotopic (exact) mass is 282 g/mol. The van der Waals surface area contributed by atoms with Crippen LogP contribution < -0.4 is 11.3 Å². The van der Waals surface area contributed by atoms with Crippen LogP contribution in [0.4, 0.5) is 5.69 Å². The van der Waals surface area contributed by atoms with Gasteiger partial charge in [-0.15, -0.1) is 0 Å². The molecule has 3 rings (SSSR count). The number of benzene rings is 2. The Morgan fingerprint density at radius 3 is 2.48 bits per heavy atom. The Labute approximate surface area is 120 Å². The summed E-state index contributed by atoms with van der Waals surface area (Å²) in [6, 6.07) is 11.3. The van der Waals surface area contributed by atoms with Crippen LogP contribution in [0.3, 0.4) is 0 Å². The van der Waals surface area contributed by atoms with Gasteiger partial charge in [-0.3, -0.25) is 9.36 Å². The van der Waals surface area contributed by atoms with E-state index in [1.807, 2.05) is 12.1 Å². The van der Waals surface area contributed by atoms with Crippen LogP contribution in [0.25, 0.3) is 21.7 Å². The molecule has 21 heavy (non-hydrogen) atoms. The lowest BCUT2D eigenvalue weighted by atomic mass is 10.0. The topological polar surface area (TPSA) is 85.3 Å². The number of rotatable bonds is 2. The number of hydrogen-bond acceptors (Lipinski definition) is 3. The third-order valence-electron chi connectivity index (χ3n) is 3.69. The average Bonchev–Trinajstić information content (AvgIpc) is 2.48. The van der Waals surface area contributed by atoms with Crippen LogP contribution in [0.15, 0.2) is 47.3 Å². The lowest BCUT2D eigenvalue weighted by molar-refractivity contribution is -0.140. The van der Waals surface area contributed by atoms with Gasteiger partial charge in [0.25, 0.3) is 5.56 Å². The molecule has 0 saturated carbocycles. The highest BCUT2D eigenvalue weighted by molar-refractivity contribution is 6.06. The van der Waals surface area contributed by atoms with Crippen molar-refractivity contribution >= 4 is 33.3 Å². The van der Waals surface area contributed by atoms with Gasteiger partial charge in [-0.05, 0) is 36.6 Å². The van der Waals surface area contributed by atoms with Crippen molar-refractivity contribution < 1.29 is 9.90 Å². The van der Waals surface area contributed by atoms with Gasteiger partial charge in [0.05, 0.1) is 5.52 Å². The number of aliphatic carboxylic acids is 1. The summed E-state index contributed by atoms with van der Waals surface area (Å²) in [5.74, 6) is -1.05. The van der Waals surface area contributed by atoms with E-state index in [9.17, 15) is 14.7 Å². The van der Waals surface area contributed by atoms with E-state index in [1.54, 1.807) is 30.3 Å². The minimum atomic E-state index is -1.05. The molecule has 0 aliphatic rings. The summed E-state index contributed by atoms with van der Waals surface area (Å²) in [6.45, 7) is 1.49. The van der Waals surface area contributed by atoms with Gasteiger partial charge in [0.15, 0.2) is 0 Å². The van der Waals surface area contributed by atoms with Gasteiger partial charge in [0.2, 0.25) is 0 Å². The number of hydrogen-bond donors (Lipinski definition) is 2. The molecule has 2 aromatic carbocycles. The second kappa shape index (κ2) is 4.63. The van der Waals surface area contributed by atoms with Crippen LogP contribution in [-0.4, -0.2) is 15.6 Å². The maximum atomic E-state index is 12.6. The molecule has 1 heterocycles. The number of nitrogen functional groups attached to an aromatic ring is 1. The van der Waals surface area contributed by atoms with Crippen molar-refractivity contribution in [1.82, 2.24) is 4.57 Å². The van der Waals surface area contributed by atoms with E-state index in [4.69, 9.17) is 5.73 Å². The molecule has 3 aromatic rings. The van der Waals surface area contributed by atoms with Gasteiger partial charge in [-0.1, -0.05) is 18.2 Å². The number of nitrogens with zero attached hydrogens (tertiary/aromatic N) is 1. The summed E-state index contributed by atoms with van der Waals surface area (Å²) in [5, 5.41) is 11.3. The van der Waals surface area contributed by atoms with Crippen LogP contribution >= 0.6 is 0 Å². The normalized spacial score (nSPS) is 12.6. The summed E-state index contributed by atoms with van der Waals surface area (Å²) in [5.41, 5.74) is 6.67. The fourth-order valence-electron chi connectivity index (χ4n) is 2.62. The molecular weight excluding hydrogens is 268 g/mol. The molecule has 1 aromatic heterocycles. The van der Waals surface area contributed by atoms with Crippen molar-refractivity contribution in [1.29, 1.82) is 0 Å². The third-order valence-corrected chi connectivity index (χ3v) is 3.69. The highest BCUT2D eigenvalue weighted by Gasteiger charge is 2.19. The zero-order valence-electron chi connectivity index (χ0n) is 11.4. The molecule has 3 N–H and O–H groups in total. The molecule has 0 fully saturated rings. The summed E-state index contributed by atoms with van der Waals surface area (Å²) in [4.78, 5) is 24.0. The summed E-state index contributed by atoms with van der Waals surface area (Å²) in [6.07, 6.45) is 0. The first-order valence-electron chi connectivity index (χ1n) is 6.56. The lowest BCUT2D eigenvalue weighted by Gasteiger charge is -2.16. The molecule has 5 nitrogen and oxygen atoms in total. The van der Waals surface area contributed by atoms with Gasteiger partial charge >= 0.3 is 5.97 Å². The van der Waals surface area contributed by atoms with E-state index < -0.39 is 12.0 Å². The third kappa shape index (κ3) is 1.94. The predicted molar refractivity (Wildman–Crippen MR) is 82.5 cm³/mol. The predicted octanol–water partition coefficient (Wildman–Crippen LogP) is 2.38. The van der Waals surface area contributed by atoms with E-state index in [-0.39, 0.29) is 5.56 Å². The Morgan fingerprint density at radius 2 is 1.81 bits per heavy atom. The number of anilines is 1. The number of fused-ring (bicyclic) bond motifs is 3. The van der Waals surface area contributed by atoms with Crippen molar-refractivity contribution in [2.45, 2.75) is 13.0 Å². The van der Waals surface area contributed by atoms with E-state index in [1.165, 1.54) is 11.5 Å². The van der Waals surface area contributed by atoms with Crippen molar-refractivity contribution in [2.24, 2.45) is 0 Å². The second-order valence-corrected chi connectivity index (χ2v) is 5.01. The lowest BCUT2D eigenvalue weighted by Crippen LogP contribution is -2.28. The molecule has 106 valence electrons. The van der Waals surface area contributed by atoms with Crippen LogP contribution in [0, 0.1) is 0 Å². The zero-order chi connectivity index (χ0) is 15.1. The second-order valence-electron chi connectivity index (χ2n) is 5.01. The fourth-order valence-corrected chi connectivity index (χ4v) is 2.62. The number of carboxylic acid groups (broad SMARTS) is 1. The van der Waals surface area contributed by atoms with Gasteiger partial charge in [0.1, 0.15) is 6.04 Å². The first kappa shape index (κ1) is 13.2. The number of pyridine rings is 1. The van der Waals surface area contributed by atoms with E-state index >= 15 is 0 Å². The summed E-state index contributed by atoms with van der Waals surface area (Å²) >= 11 is 0. The van der Waals surface area contributed by atoms with Crippen LogP contribution in [0.2, 0.25) is 0 Å². The number of aromatic nitrogens is 1. The van der Waals surface area contributed by atoms with Crippen molar-refractivity contribution in [3.05, 3.63) is 52.8 Å². The number of carbonyl (C=O) groups is 1. The average molecular weight is 282 g/mol. The summed E-state index contributed by atoms with van der Waals surface area (Å²) in [7, 11) is 0. The van der Waals surface area contributed by atoms with Crippen LogP contribution in [0.5, 0.6) is 0 Å². The van der Waals surface area contributed by atoms with Gasteiger partial charge in [-0.2, -0.15) is 0 Å². The largest absolute Gasteiger partial charge is 0.480 e. The Morgan fingerprint density at radius 1 is 1.14 bits per heavy atom. The van der Waals surface area contributed by atoms with E-state index in [0.717, 1.165) is 10.8 Å². The maximum Gasteiger partial charge on any atom is 0.326 e. The molecule has 0 aliphatic heterocycles. The highest BCUT2D eigenvalue weighted by atomic mass is 16.4.